The number of hydrogen-bond acceptors (Lipinski definition) is 2. The molecule has 1 aliphatic carbocycles. The molecule has 0 aromatic rings. The summed E-state index contributed by atoms with van der Waals surface area (Å²) in [5.74, 6) is 0. The normalized spacial score (nSPS) is 21.2. The molecule has 0 saturated heterocycles. The Morgan fingerprint density at radius 2 is 1.69 bits per heavy atom. The van der Waals surface area contributed by atoms with E-state index in [1.807, 2.05) is 0 Å². The first-order chi connectivity index (χ1) is 6.20. The first-order valence-electron chi connectivity index (χ1n) is 5.71. The highest BCUT2D eigenvalue weighted by atomic mass is 15.1. The lowest BCUT2D eigenvalue weighted by atomic mass is 9.94. The summed E-state index contributed by atoms with van der Waals surface area (Å²) in [5.41, 5.74) is 6.47. The van der Waals surface area contributed by atoms with Crippen molar-refractivity contribution in [1.82, 2.24) is 4.90 Å². The lowest BCUT2D eigenvalue weighted by Crippen LogP contribution is -2.40. The highest BCUT2D eigenvalue weighted by Gasteiger charge is 2.28. The standard InChI is InChI=1S/C11H24N2/c1-3-13(4-2)10-9-11(12)7-5-6-8-11/h3-10,12H2,1-2H3. The number of nitrogens with zero attached hydrogens (tertiary/aromatic N) is 1. The minimum Gasteiger partial charge on any atom is -0.325 e. The maximum absolute atomic E-state index is 6.29. The molecule has 1 saturated carbocycles. The van der Waals surface area contributed by atoms with Gasteiger partial charge in [-0.2, -0.15) is 0 Å². The zero-order valence-electron chi connectivity index (χ0n) is 9.18. The van der Waals surface area contributed by atoms with Gasteiger partial charge in [0, 0.05) is 5.54 Å². The average Bonchev–Trinajstić information content (AvgIpc) is 2.55. The van der Waals surface area contributed by atoms with Crippen LogP contribution in [-0.2, 0) is 0 Å². The Bertz CT molecular complexity index is 135. The SMILES string of the molecule is CCN(CC)CCC1(N)CCCC1. The van der Waals surface area contributed by atoms with Gasteiger partial charge < -0.3 is 10.6 Å². The van der Waals surface area contributed by atoms with Crippen molar-refractivity contribution in [3.05, 3.63) is 0 Å². The summed E-state index contributed by atoms with van der Waals surface area (Å²) in [4.78, 5) is 2.47. The van der Waals surface area contributed by atoms with Crippen molar-refractivity contribution in [2.24, 2.45) is 5.73 Å². The molecule has 0 aromatic carbocycles. The summed E-state index contributed by atoms with van der Waals surface area (Å²) in [6.07, 6.45) is 6.36. The quantitative estimate of drug-likeness (QED) is 0.708. The molecule has 2 heteroatoms. The average molecular weight is 184 g/mol. The molecule has 1 aliphatic rings. The van der Waals surface area contributed by atoms with Crippen LogP contribution in [0.15, 0.2) is 0 Å². The van der Waals surface area contributed by atoms with E-state index in [9.17, 15) is 0 Å². The molecule has 0 unspecified atom stereocenters. The van der Waals surface area contributed by atoms with Crippen LogP contribution in [0.5, 0.6) is 0 Å². The zero-order valence-corrected chi connectivity index (χ0v) is 9.18. The molecule has 0 bridgehead atoms. The van der Waals surface area contributed by atoms with Gasteiger partial charge in [0.25, 0.3) is 0 Å². The van der Waals surface area contributed by atoms with E-state index >= 15 is 0 Å². The summed E-state index contributed by atoms with van der Waals surface area (Å²) < 4.78 is 0. The second-order valence-corrected chi connectivity index (χ2v) is 4.35. The second-order valence-electron chi connectivity index (χ2n) is 4.35. The summed E-state index contributed by atoms with van der Waals surface area (Å²) in [6.45, 7) is 7.95. The Hall–Kier alpha value is -0.0800. The predicted octanol–water partition coefficient (Wildman–Crippen LogP) is 1.99. The van der Waals surface area contributed by atoms with Crippen LogP contribution in [0.25, 0.3) is 0 Å². The van der Waals surface area contributed by atoms with E-state index in [0.29, 0.717) is 0 Å². The molecule has 0 radical (unpaired) electrons. The van der Waals surface area contributed by atoms with Crippen LogP contribution in [0.3, 0.4) is 0 Å². The third-order valence-electron chi connectivity index (χ3n) is 3.42. The summed E-state index contributed by atoms with van der Waals surface area (Å²) in [5, 5.41) is 0. The third-order valence-corrected chi connectivity index (χ3v) is 3.42. The smallest absolute Gasteiger partial charge is 0.0166 e. The molecular weight excluding hydrogens is 160 g/mol. The molecule has 0 heterocycles. The van der Waals surface area contributed by atoms with Gasteiger partial charge >= 0.3 is 0 Å². The number of hydrogen-bond donors (Lipinski definition) is 1. The number of nitrogens with two attached hydrogens (primary N) is 1. The van der Waals surface area contributed by atoms with Crippen molar-refractivity contribution in [1.29, 1.82) is 0 Å². The van der Waals surface area contributed by atoms with Crippen LogP contribution >= 0.6 is 0 Å². The maximum atomic E-state index is 6.29. The first-order valence-corrected chi connectivity index (χ1v) is 5.71. The Balaban J connectivity index is 2.23. The van der Waals surface area contributed by atoms with Gasteiger partial charge in [-0.15, -0.1) is 0 Å². The minimum atomic E-state index is 0.183. The van der Waals surface area contributed by atoms with Gasteiger partial charge in [0.05, 0.1) is 0 Å². The third kappa shape index (κ3) is 3.28. The Kier molecular flexibility index (Phi) is 4.20. The van der Waals surface area contributed by atoms with Crippen LogP contribution in [0, 0.1) is 0 Å². The molecule has 1 fully saturated rings. The monoisotopic (exact) mass is 184 g/mol. The molecule has 0 aliphatic heterocycles. The van der Waals surface area contributed by atoms with E-state index in [1.165, 1.54) is 38.6 Å². The van der Waals surface area contributed by atoms with Crippen molar-refractivity contribution < 1.29 is 0 Å². The highest BCUT2D eigenvalue weighted by molar-refractivity contribution is 4.89. The Morgan fingerprint density at radius 1 is 1.15 bits per heavy atom. The lowest BCUT2D eigenvalue weighted by Gasteiger charge is -2.27. The van der Waals surface area contributed by atoms with Crippen LogP contribution in [0.2, 0.25) is 0 Å². The zero-order chi connectivity index (χ0) is 9.73. The van der Waals surface area contributed by atoms with Crippen LogP contribution < -0.4 is 5.73 Å². The molecule has 0 aromatic heterocycles. The van der Waals surface area contributed by atoms with Crippen LogP contribution in [0.4, 0.5) is 0 Å². The van der Waals surface area contributed by atoms with Gasteiger partial charge in [-0.3, -0.25) is 0 Å². The molecule has 78 valence electrons. The molecule has 0 spiro atoms. The van der Waals surface area contributed by atoms with Gasteiger partial charge in [0.1, 0.15) is 0 Å². The van der Waals surface area contributed by atoms with Crippen LogP contribution in [-0.4, -0.2) is 30.1 Å². The van der Waals surface area contributed by atoms with Crippen molar-refractivity contribution >= 4 is 0 Å². The molecule has 13 heavy (non-hydrogen) atoms. The molecule has 1 rings (SSSR count). The molecule has 2 nitrogen and oxygen atoms in total. The minimum absolute atomic E-state index is 0.183. The van der Waals surface area contributed by atoms with Crippen molar-refractivity contribution in [2.45, 2.75) is 51.5 Å². The summed E-state index contributed by atoms with van der Waals surface area (Å²) >= 11 is 0. The van der Waals surface area contributed by atoms with Crippen molar-refractivity contribution in [3.63, 3.8) is 0 Å². The first kappa shape index (κ1) is 11.0. The van der Waals surface area contributed by atoms with Gasteiger partial charge in [0.15, 0.2) is 0 Å². The second kappa shape index (κ2) is 4.97. The number of rotatable bonds is 5. The van der Waals surface area contributed by atoms with E-state index in [-0.39, 0.29) is 5.54 Å². The van der Waals surface area contributed by atoms with Crippen LogP contribution in [0.1, 0.15) is 46.0 Å². The van der Waals surface area contributed by atoms with Crippen molar-refractivity contribution in [2.75, 3.05) is 19.6 Å². The fourth-order valence-electron chi connectivity index (χ4n) is 2.25. The predicted molar refractivity (Wildman–Crippen MR) is 57.8 cm³/mol. The molecule has 0 atom stereocenters. The largest absolute Gasteiger partial charge is 0.325 e. The van der Waals surface area contributed by atoms with Gasteiger partial charge in [0.2, 0.25) is 0 Å². The van der Waals surface area contributed by atoms with E-state index in [2.05, 4.69) is 18.7 Å². The molecular formula is C11H24N2. The Labute approximate surface area is 82.5 Å². The summed E-state index contributed by atoms with van der Waals surface area (Å²) in [6, 6.07) is 0. The van der Waals surface area contributed by atoms with E-state index < -0.39 is 0 Å². The van der Waals surface area contributed by atoms with Gasteiger partial charge in [-0.25, -0.2) is 0 Å². The van der Waals surface area contributed by atoms with Gasteiger partial charge in [-0.1, -0.05) is 26.7 Å². The fraction of sp³-hybridized carbons (Fsp3) is 1.00. The van der Waals surface area contributed by atoms with E-state index in [1.54, 1.807) is 0 Å². The van der Waals surface area contributed by atoms with E-state index in [0.717, 1.165) is 13.1 Å². The lowest BCUT2D eigenvalue weighted by molar-refractivity contribution is 0.259. The van der Waals surface area contributed by atoms with Gasteiger partial charge in [-0.05, 0) is 38.9 Å². The summed E-state index contributed by atoms with van der Waals surface area (Å²) in [7, 11) is 0. The topological polar surface area (TPSA) is 29.3 Å². The van der Waals surface area contributed by atoms with E-state index in [4.69, 9.17) is 5.73 Å². The molecule has 2 N–H and O–H groups in total. The fourth-order valence-corrected chi connectivity index (χ4v) is 2.25. The highest BCUT2D eigenvalue weighted by Crippen LogP contribution is 2.29. The van der Waals surface area contributed by atoms with Crippen molar-refractivity contribution in [3.8, 4) is 0 Å². The Morgan fingerprint density at radius 3 is 2.15 bits per heavy atom. The maximum Gasteiger partial charge on any atom is 0.0166 e. The molecule has 0 amide bonds.